The molecule has 2 aromatic rings. The fourth-order valence-electron chi connectivity index (χ4n) is 2.15. The first kappa shape index (κ1) is 19.3. The number of anilines is 1. The Kier molecular flexibility index (Phi) is 7.49. The Morgan fingerprint density at radius 1 is 1.04 bits per heavy atom. The van der Waals surface area contributed by atoms with Crippen molar-refractivity contribution in [1.29, 1.82) is 0 Å². The Morgan fingerprint density at radius 2 is 1.69 bits per heavy atom. The number of hydrogen-bond acceptors (Lipinski definition) is 5. The second-order valence-electron chi connectivity index (χ2n) is 5.69. The minimum absolute atomic E-state index is 0.132. The van der Waals surface area contributed by atoms with Crippen LogP contribution in [0.15, 0.2) is 53.6 Å². The fourth-order valence-corrected chi connectivity index (χ4v) is 2.15. The number of rotatable bonds is 9. The summed E-state index contributed by atoms with van der Waals surface area (Å²) in [6.07, 6.45) is 0.971. The minimum atomic E-state index is -0.219. The van der Waals surface area contributed by atoms with E-state index in [9.17, 15) is 4.79 Å². The normalized spacial score (nSPS) is 11.0. The van der Waals surface area contributed by atoms with Crippen molar-refractivity contribution in [3.05, 3.63) is 54.1 Å². The third-order valence-corrected chi connectivity index (χ3v) is 3.64. The molecule has 0 aromatic heterocycles. The minimum Gasteiger partial charge on any atom is -0.497 e. The SMILES string of the molecule is CCCOc1ccc(/C(C)=N\NC(=O)CNc2ccc(OC)cc2)cc1. The lowest BCUT2D eigenvalue weighted by Crippen LogP contribution is -2.26. The maximum absolute atomic E-state index is 11.9. The Morgan fingerprint density at radius 3 is 2.31 bits per heavy atom. The van der Waals surface area contributed by atoms with E-state index in [1.54, 1.807) is 7.11 Å². The number of hydrogen-bond donors (Lipinski definition) is 2. The molecule has 0 saturated heterocycles. The molecule has 0 spiro atoms. The molecule has 0 fully saturated rings. The lowest BCUT2D eigenvalue weighted by molar-refractivity contribution is -0.119. The molecular formula is C20H25N3O3. The molecule has 1 amide bonds. The van der Waals surface area contributed by atoms with Crippen LogP contribution in [-0.4, -0.2) is 31.9 Å². The number of amides is 1. The highest BCUT2D eigenvalue weighted by Gasteiger charge is 2.03. The van der Waals surface area contributed by atoms with Crippen molar-refractivity contribution in [3.63, 3.8) is 0 Å². The highest BCUT2D eigenvalue weighted by atomic mass is 16.5. The topological polar surface area (TPSA) is 72.0 Å². The van der Waals surface area contributed by atoms with E-state index in [0.29, 0.717) is 6.61 Å². The van der Waals surface area contributed by atoms with E-state index >= 15 is 0 Å². The van der Waals surface area contributed by atoms with Crippen LogP contribution in [0.4, 0.5) is 5.69 Å². The summed E-state index contributed by atoms with van der Waals surface area (Å²) < 4.78 is 10.6. The van der Waals surface area contributed by atoms with Gasteiger partial charge in [-0.15, -0.1) is 0 Å². The van der Waals surface area contributed by atoms with Crippen LogP contribution in [0.2, 0.25) is 0 Å². The van der Waals surface area contributed by atoms with Crippen LogP contribution >= 0.6 is 0 Å². The van der Waals surface area contributed by atoms with Gasteiger partial charge in [-0.25, -0.2) is 5.43 Å². The van der Waals surface area contributed by atoms with Gasteiger partial charge in [-0.3, -0.25) is 4.79 Å². The largest absolute Gasteiger partial charge is 0.497 e. The molecule has 2 N–H and O–H groups in total. The zero-order chi connectivity index (χ0) is 18.8. The van der Waals surface area contributed by atoms with E-state index in [2.05, 4.69) is 22.8 Å². The number of carbonyl (C=O) groups excluding carboxylic acids is 1. The van der Waals surface area contributed by atoms with Gasteiger partial charge in [0.15, 0.2) is 0 Å². The van der Waals surface area contributed by atoms with Crippen LogP contribution in [0.1, 0.15) is 25.8 Å². The zero-order valence-electron chi connectivity index (χ0n) is 15.4. The summed E-state index contributed by atoms with van der Waals surface area (Å²) in [6, 6.07) is 15.0. The molecule has 0 aliphatic heterocycles. The number of methoxy groups -OCH3 is 1. The number of benzene rings is 2. The van der Waals surface area contributed by atoms with Crippen LogP contribution in [0.3, 0.4) is 0 Å². The molecule has 6 heteroatoms. The van der Waals surface area contributed by atoms with E-state index in [1.807, 2.05) is 55.5 Å². The molecule has 0 radical (unpaired) electrons. The van der Waals surface area contributed by atoms with Crippen molar-refractivity contribution < 1.29 is 14.3 Å². The average molecular weight is 355 g/mol. The predicted molar refractivity (Wildman–Crippen MR) is 104 cm³/mol. The molecule has 6 nitrogen and oxygen atoms in total. The first-order valence-corrected chi connectivity index (χ1v) is 8.56. The molecule has 0 atom stereocenters. The quantitative estimate of drug-likeness (QED) is 0.534. The Bertz CT molecular complexity index is 725. The fraction of sp³-hybridized carbons (Fsp3) is 0.300. The lowest BCUT2D eigenvalue weighted by atomic mass is 10.1. The molecule has 0 unspecified atom stereocenters. The van der Waals surface area contributed by atoms with E-state index in [-0.39, 0.29) is 12.5 Å². The molecule has 0 heterocycles. The Hall–Kier alpha value is -3.02. The first-order chi connectivity index (χ1) is 12.6. The van der Waals surface area contributed by atoms with E-state index in [1.165, 1.54) is 0 Å². The van der Waals surface area contributed by atoms with Crippen LogP contribution in [0.25, 0.3) is 0 Å². The van der Waals surface area contributed by atoms with Gasteiger partial charge in [0.05, 0.1) is 26.0 Å². The van der Waals surface area contributed by atoms with Gasteiger partial charge in [0.1, 0.15) is 11.5 Å². The summed E-state index contributed by atoms with van der Waals surface area (Å²) in [5.74, 6) is 1.38. The lowest BCUT2D eigenvalue weighted by Gasteiger charge is -2.08. The van der Waals surface area contributed by atoms with Gasteiger partial charge in [0.2, 0.25) is 0 Å². The average Bonchev–Trinajstić information content (AvgIpc) is 2.69. The summed E-state index contributed by atoms with van der Waals surface area (Å²) in [5.41, 5.74) is 5.05. The second kappa shape index (κ2) is 10.1. The van der Waals surface area contributed by atoms with Crippen molar-refractivity contribution in [3.8, 4) is 11.5 Å². The molecule has 2 rings (SSSR count). The van der Waals surface area contributed by atoms with Gasteiger partial charge >= 0.3 is 0 Å². The number of nitrogens with one attached hydrogen (secondary N) is 2. The highest BCUT2D eigenvalue weighted by molar-refractivity contribution is 5.99. The summed E-state index contributed by atoms with van der Waals surface area (Å²) in [4.78, 5) is 11.9. The van der Waals surface area contributed by atoms with Gasteiger partial charge in [0, 0.05) is 5.69 Å². The van der Waals surface area contributed by atoms with Crippen molar-refractivity contribution in [2.75, 3.05) is 25.6 Å². The van der Waals surface area contributed by atoms with E-state index in [4.69, 9.17) is 9.47 Å². The molecule has 0 aliphatic rings. The van der Waals surface area contributed by atoms with Crippen molar-refractivity contribution in [2.24, 2.45) is 5.10 Å². The maximum Gasteiger partial charge on any atom is 0.259 e. The van der Waals surface area contributed by atoms with Crippen LogP contribution in [0.5, 0.6) is 11.5 Å². The second-order valence-corrected chi connectivity index (χ2v) is 5.69. The molecule has 138 valence electrons. The van der Waals surface area contributed by atoms with Crippen molar-refractivity contribution in [2.45, 2.75) is 20.3 Å². The zero-order valence-corrected chi connectivity index (χ0v) is 15.4. The highest BCUT2D eigenvalue weighted by Crippen LogP contribution is 2.15. The van der Waals surface area contributed by atoms with Crippen molar-refractivity contribution in [1.82, 2.24) is 5.43 Å². The van der Waals surface area contributed by atoms with Crippen LogP contribution in [-0.2, 0) is 4.79 Å². The Balaban J connectivity index is 1.82. The predicted octanol–water partition coefficient (Wildman–Crippen LogP) is 3.44. The van der Waals surface area contributed by atoms with Crippen molar-refractivity contribution >= 4 is 17.3 Å². The Labute approximate surface area is 154 Å². The third-order valence-electron chi connectivity index (χ3n) is 3.64. The first-order valence-electron chi connectivity index (χ1n) is 8.56. The summed E-state index contributed by atoms with van der Waals surface area (Å²) in [5, 5.41) is 7.17. The monoisotopic (exact) mass is 355 g/mol. The van der Waals surface area contributed by atoms with Gasteiger partial charge < -0.3 is 14.8 Å². The molecule has 0 aliphatic carbocycles. The van der Waals surface area contributed by atoms with Gasteiger partial charge in [0.25, 0.3) is 5.91 Å². The van der Waals surface area contributed by atoms with E-state index < -0.39 is 0 Å². The number of hydrazone groups is 1. The summed E-state index contributed by atoms with van der Waals surface area (Å²) >= 11 is 0. The number of ether oxygens (including phenoxy) is 2. The number of carbonyl (C=O) groups is 1. The third kappa shape index (κ3) is 6.12. The molecule has 0 saturated carbocycles. The standard InChI is InChI=1S/C20H25N3O3/c1-4-13-26-19-9-5-16(6-10-19)15(2)22-23-20(24)14-21-17-7-11-18(25-3)12-8-17/h5-12,21H,4,13-14H2,1-3H3,(H,23,24)/b22-15-. The van der Waals surface area contributed by atoms with Crippen LogP contribution < -0.4 is 20.2 Å². The molecule has 2 aromatic carbocycles. The van der Waals surface area contributed by atoms with Gasteiger partial charge in [-0.1, -0.05) is 6.92 Å². The van der Waals surface area contributed by atoms with Crippen LogP contribution in [0, 0.1) is 0 Å². The summed E-state index contributed by atoms with van der Waals surface area (Å²) in [6.45, 7) is 4.74. The summed E-state index contributed by atoms with van der Waals surface area (Å²) in [7, 11) is 1.61. The molecule has 26 heavy (non-hydrogen) atoms. The molecule has 0 bridgehead atoms. The van der Waals surface area contributed by atoms with Gasteiger partial charge in [-0.05, 0) is 67.4 Å². The number of nitrogens with zero attached hydrogens (tertiary/aromatic N) is 1. The maximum atomic E-state index is 11.9. The molecular weight excluding hydrogens is 330 g/mol. The van der Waals surface area contributed by atoms with Gasteiger partial charge in [-0.2, -0.15) is 5.10 Å². The van der Waals surface area contributed by atoms with E-state index in [0.717, 1.165) is 34.9 Å². The smallest absolute Gasteiger partial charge is 0.259 e.